The van der Waals surface area contributed by atoms with E-state index in [2.05, 4.69) is 23.8 Å². The summed E-state index contributed by atoms with van der Waals surface area (Å²) in [4.78, 5) is 22.4. The van der Waals surface area contributed by atoms with E-state index < -0.39 is 33.5 Å². The molecule has 1 N–H and O–H groups in total. The molecule has 163 valence electrons. The molecule has 6 nitrogen and oxygen atoms in total. The number of aromatic carboxylic acids is 1. The van der Waals surface area contributed by atoms with E-state index in [0.717, 1.165) is 17.3 Å². The minimum absolute atomic E-state index is 0.0160. The van der Waals surface area contributed by atoms with Crippen LogP contribution in [0.4, 0.5) is 24.7 Å². The Morgan fingerprint density at radius 1 is 1.23 bits per heavy atom. The molecule has 3 aromatic rings. The third-order valence-corrected chi connectivity index (χ3v) is 7.25. The number of rotatable bonds is 7. The molecule has 0 amide bonds. The van der Waals surface area contributed by atoms with Gasteiger partial charge in [0.25, 0.3) is 0 Å². The molecule has 0 fully saturated rings. The second-order valence-electron chi connectivity index (χ2n) is 7.19. The van der Waals surface area contributed by atoms with Crippen LogP contribution in [0.3, 0.4) is 0 Å². The molecule has 0 saturated heterocycles. The van der Waals surface area contributed by atoms with E-state index in [9.17, 15) is 23.1 Å². The van der Waals surface area contributed by atoms with Crippen LogP contribution in [0.15, 0.2) is 47.1 Å². The van der Waals surface area contributed by atoms with Gasteiger partial charge in [-0.15, -0.1) is 0 Å². The van der Waals surface area contributed by atoms with Crippen LogP contribution < -0.4 is 9.51 Å². The Balaban J connectivity index is 2.18. The standard InChI is InChI=1S/C21H20AsF3N3O3/c1-12(2)11-22-20-26-17(15-8-5-9-31-15)16(19(29)30)18(27-20)28(3)14-7-4-6-13(10-14)21(23,24)25/h4-10,12H,11H2,1-3H3,(H,29,30). The second kappa shape index (κ2) is 9.14. The Kier molecular flexibility index (Phi) is 6.74. The van der Waals surface area contributed by atoms with Crippen LogP contribution in [0.5, 0.6) is 0 Å². The summed E-state index contributed by atoms with van der Waals surface area (Å²) < 4.78 is 45.4. The number of benzene rings is 1. The van der Waals surface area contributed by atoms with E-state index >= 15 is 0 Å². The molecular formula is C21H20AsF3N3O3. The molecule has 0 aliphatic carbocycles. The van der Waals surface area contributed by atoms with Crippen LogP contribution in [-0.2, 0) is 6.18 Å². The van der Waals surface area contributed by atoms with Crippen molar-refractivity contribution in [3.8, 4) is 11.5 Å². The molecule has 0 aliphatic rings. The number of alkyl halides is 3. The number of halogens is 3. The van der Waals surface area contributed by atoms with Gasteiger partial charge in [-0.1, -0.05) is 0 Å². The second-order valence-corrected chi connectivity index (χ2v) is 9.46. The molecule has 0 spiro atoms. The summed E-state index contributed by atoms with van der Waals surface area (Å²) in [6.07, 6.45) is -3.12. The topological polar surface area (TPSA) is 79.5 Å². The van der Waals surface area contributed by atoms with Gasteiger partial charge in [-0.3, -0.25) is 0 Å². The summed E-state index contributed by atoms with van der Waals surface area (Å²) in [7, 11) is 1.49. The van der Waals surface area contributed by atoms with Gasteiger partial charge in [-0.2, -0.15) is 0 Å². The number of carbonyl (C=O) groups is 1. The first-order valence-corrected chi connectivity index (χ1v) is 11.6. The number of nitrogens with zero attached hydrogens (tertiary/aromatic N) is 3. The van der Waals surface area contributed by atoms with E-state index in [1.807, 2.05) is 0 Å². The molecule has 2 aromatic heterocycles. The van der Waals surface area contributed by atoms with Gasteiger partial charge in [0.05, 0.1) is 0 Å². The van der Waals surface area contributed by atoms with Gasteiger partial charge < -0.3 is 0 Å². The summed E-state index contributed by atoms with van der Waals surface area (Å²) in [5, 5.41) is 10.8. The van der Waals surface area contributed by atoms with Crippen molar-refractivity contribution >= 4 is 37.8 Å². The number of hydrogen-bond donors (Lipinski definition) is 1. The average molecular weight is 494 g/mol. The van der Waals surface area contributed by atoms with Crippen LogP contribution >= 0.6 is 0 Å². The van der Waals surface area contributed by atoms with Crippen LogP contribution in [-0.4, -0.2) is 43.8 Å². The van der Waals surface area contributed by atoms with Crippen molar-refractivity contribution in [2.45, 2.75) is 25.2 Å². The van der Waals surface area contributed by atoms with E-state index in [1.54, 1.807) is 12.1 Å². The molecule has 1 radical (unpaired) electrons. The fourth-order valence-corrected chi connectivity index (χ4v) is 4.63. The summed E-state index contributed by atoms with van der Waals surface area (Å²) >= 11 is -0.476. The van der Waals surface area contributed by atoms with Crippen LogP contribution in [0.1, 0.15) is 29.8 Å². The van der Waals surface area contributed by atoms with Gasteiger partial charge in [0, 0.05) is 0 Å². The molecule has 2 heterocycles. The summed E-state index contributed by atoms with van der Waals surface area (Å²) in [5.74, 6) is -0.626. The van der Waals surface area contributed by atoms with Gasteiger partial charge in [-0.25, -0.2) is 0 Å². The van der Waals surface area contributed by atoms with E-state index in [1.165, 1.54) is 30.3 Å². The van der Waals surface area contributed by atoms with Gasteiger partial charge in [0.15, 0.2) is 0 Å². The van der Waals surface area contributed by atoms with Crippen LogP contribution in [0.2, 0.25) is 5.21 Å². The average Bonchev–Trinajstić information content (AvgIpc) is 3.25. The summed E-state index contributed by atoms with van der Waals surface area (Å²) in [6.45, 7) is 4.12. The normalized spacial score (nSPS) is 12.1. The summed E-state index contributed by atoms with van der Waals surface area (Å²) in [5.41, 5.74) is -0.798. The van der Waals surface area contributed by atoms with Gasteiger partial charge in [-0.05, 0) is 0 Å². The zero-order chi connectivity index (χ0) is 22.8. The maximum atomic E-state index is 13.2. The molecular weight excluding hydrogens is 474 g/mol. The number of anilines is 2. The van der Waals surface area contributed by atoms with E-state index in [-0.39, 0.29) is 28.5 Å². The van der Waals surface area contributed by atoms with Gasteiger partial charge in [0.2, 0.25) is 0 Å². The SMILES string of the molecule is CC(C)C[As]c1nc(-c2ccco2)c(C(=O)O)c(N(C)c2cccc(C(F)(F)F)c2)n1. The molecule has 1 aromatic carbocycles. The Labute approximate surface area is 183 Å². The Morgan fingerprint density at radius 3 is 2.55 bits per heavy atom. The fraction of sp³-hybridized carbons (Fsp3) is 0.286. The predicted octanol–water partition coefficient (Wildman–Crippen LogP) is 4.63. The number of furan rings is 1. The molecule has 0 aliphatic heterocycles. The van der Waals surface area contributed by atoms with Crippen molar-refractivity contribution in [1.29, 1.82) is 0 Å². The first-order chi connectivity index (χ1) is 14.6. The van der Waals surface area contributed by atoms with Gasteiger partial charge in [0.1, 0.15) is 0 Å². The van der Waals surface area contributed by atoms with E-state index in [0.29, 0.717) is 10.5 Å². The van der Waals surface area contributed by atoms with Crippen molar-refractivity contribution in [3.05, 3.63) is 53.8 Å². The zero-order valence-corrected chi connectivity index (χ0v) is 18.9. The first-order valence-electron chi connectivity index (χ1n) is 9.35. The molecule has 10 heteroatoms. The van der Waals surface area contributed by atoms with Crippen LogP contribution in [0.25, 0.3) is 11.5 Å². The minimum atomic E-state index is -4.52. The van der Waals surface area contributed by atoms with E-state index in [4.69, 9.17) is 4.42 Å². The van der Waals surface area contributed by atoms with Crippen molar-refractivity contribution in [3.63, 3.8) is 0 Å². The van der Waals surface area contributed by atoms with Crippen molar-refractivity contribution < 1.29 is 27.5 Å². The Morgan fingerprint density at radius 2 is 1.97 bits per heavy atom. The molecule has 0 saturated carbocycles. The quantitative estimate of drug-likeness (QED) is 0.483. The molecule has 3 rings (SSSR count). The fourth-order valence-electron chi connectivity index (χ4n) is 2.82. The third kappa shape index (κ3) is 5.28. The number of carboxylic acid groups (broad SMARTS) is 1. The zero-order valence-electron chi connectivity index (χ0n) is 17.0. The molecule has 0 unspecified atom stereocenters. The molecule has 0 bridgehead atoms. The monoisotopic (exact) mass is 494 g/mol. The molecule has 31 heavy (non-hydrogen) atoms. The third-order valence-electron chi connectivity index (χ3n) is 4.32. The maximum absolute atomic E-state index is 13.2. The Hall–Kier alpha value is -2.80. The number of carboxylic acids is 1. The predicted molar refractivity (Wildman–Crippen MR) is 111 cm³/mol. The van der Waals surface area contributed by atoms with Crippen molar-refractivity contribution in [1.82, 2.24) is 9.97 Å². The van der Waals surface area contributed by atoms with Gasteiger partial charge >= 0.3 is 184 Å². The van der Waals surface area contributed by atoms with Crippen molar-refractivity contribution in [2.24, 2.45) is 5.92 Å². The Bertz CT molecular complexity index is 1070. The molecule has 0 atom stereocenters. The summed E-state index contributed by atoms with van der Waals surface area (Å²) in [6, 6.07) is 7.86. The number of hydrogen-bond acceptors (Lipinski definition) is 5. The van der Waals surface area contributed by atoms with Crippen LogP contribution in [0, 0.1) is 5.92 Å². The first kappa shape index (κ1) is 22.9. The van der Waals surface area contributed by atoms with Crippen molar-refractivity contribution in [2.75, 3.05) is 11.9 Å². The number of aromatic nitrogens is 2.